The second-order valence-corrected chi connectivity index (χ2v) is 4.05. The van der Waals surface area contributed by atoms with Crippen molar-refractivity contribution in [2.24, 2.45) is 10.8 Å². The third kappa shape index (κ3) is 1.07. The van der Waals surface area contributed by atoms with Crippen molar-refractivity contribution in [2.45, 2.75) is 26.7 Å². The Kier molecular flexibility index (Phi) is 1.67. The van der Waals surface area contributed by atoms with Crippen LogP contribution in [-0.2, 0) is 9.59 Å². The van der Waals surface area contributed by atoms with Crippen LogP contribution < -0.4 is 10.2 Å². The molecular weight excluding hydrogens is 160 g/mol. The third-order valence-corrected chi connectivity index (χ3v) is 2.55. The predicted octanol–water partition coefficient (Wildman–Crippen LogP) is -1.71. The summed E-state index contributed by atoms with van der Waals surface area (Å²) in [6.07, 6.45) is 0.204. The fourth-order valence-corrected chi connectivity index (χ4v) is 1.96. The smallest absolute Gasteiger partial charge is 0.0474 e. The van der Waals surface area contributed by atoms with Crippen LogP contribution in [0, 0.1) is 10.8 Å². The molecule has 0 aromatic carbocycles. The zero-order valence-corrected chi connectivity index (χ0v) is 7.05. The van der Waals surface area contributed by atoms with Gasteiger partial charge in [-0.25, -0.2) is 0 Å². The molecule has 0 amide bonds. The van der Waals surface area contributed by atoms with Gasteiger partial charge in [0.05, 0.1) is 0 Å². The molecule has 0 atom stereocenters. The van der Waals surface area contributed by atoms with E-state index in [4.69, 9.17) is 0 Å². The van der Waals surface area contributed by atoms with Crippen LogP contribution in [0.5, 0.6) is 0 Å². The van der Waals surface area contributed by atoms with Crippen LogP contribution in [-0.4, -0.2) is 11.9 Å². The van der Waals surface area contributed by atoms with Crippen LogP contribution in [0.15, 0.2) is 0 Å². The lowest BCUT2D eigenvalue weighted by molar-refractivity contribution is -0.341. The lowest BCUT2D eigenvalue weighted by atomic mass is 9.54. The van der Waals surface area contributed by atoms with Gasteiger partial charge in [-0.2, -0.15) is 0 Å². The molecule has 0 aromatic heterocycles. The number of hydrogen-bond acceptors (Lipinski definition) is 4. The van der Waals surface area contributed by atoms with Gasteiger partial charge in [-0.1, -0.05) is 13.8 Å². The Morgan fingerprint density at radius 2 is 1.25 bits per heavy atom. The van der Waals surface area contributed by atoms with Crippen LogP contribution in [0.1, 0.15) is 26.7 Å². The maximum Gasteiger partial charge on any atom is 0.0474 e. The number of carboxylic acids is 2. The van der Waals surface area contributed by atoms with E-state index >= 15 is 0 Å². The zero-order valence-electron chi connectivity index (χ0n) is 7.05. The molecule has 1 saturated carbocycles. The summed E-state index contributed by atoms with van der Waals surface area (Å²) < 4.78 is 0. The van der Waals surface area contributed by atoms with E-state index in [0.717, 1.165) is 0 Å². The first-order chi connectivity index (χ1) is 5.30. The summed E-state index contributed by atoms with van der Waals surface area (Å²) in [5, 5.41) is 21.0. The number of carbonyl (C=O) groups excluding carboxylic acids is 2. The molecule has 0 radical (unpaired) electrons. The Labute approximate surface area is 70.2 Å². The van der Waals surface area contributed by atoms with Gasteiger partial charge in [0, 0.05) is 22.8 Å². The van der Waals surface area contributed by atoms with E-state index in [1.54, 1.807) is 0 Å². The first-order valence-corrected chi connectivity index (χ1v) is 3.73. The summed E-state index contributed by atoms with van der Waals surface area (Å²) in [5.74, 6) is -2.36. The standard InChI is InChI=1S/C8H12O4/c1-7(5(9)10)3-8(2,4-7)6(11)12/h3-4H2,1-2H3,(H,9,10)(H,11,12)/p-2. The van der Waals surface area contributed by atoms with E-state index in [2.05, 4.69) is 0 Å². The minimum absolute atomic E-state index is 0.102. The molecule has 0 aromatic rings. The Morgan fingerprint density at radius 1 is 1.00 bits per heavy atom. The van der Waals surface area contributed by atoms with Crippen molar-refractivity contribution in [3.05, 3.63) is 0 Å². The molecule has 0 saturated heterocycles. The second-order valence-electron chi connectivity index (χ2n) is 4.05. The summed E-state index contributed by atoms with van der Waals surface area (Å²) >= 11 is 0. The topological polar surface area (TPSA) is 80.3 Å². The highest BCUT2D eigenvalue weighted by Gasteiger charge is 2.50. The lowest BCUT2D eigenvalue weighted by Crippen LogP contribution is -2.59. The molecule has 0 aliphatic heterocycles. The van der Waals surface area contributed by atoms with Crippen molar-refractivity contribution in [1.29, 1.82) is 0 Å². The SMILES string of the molecule is CC1(C(=O)[O-])CC(C)(C(=O)[O-])C1. The van der Waals surface area contributed by atoms with Crippen LogP contribution in [0.4, 0.5) is 0 Å². The van der Waals surface area contributed by atoms with E-state index < -0.39 is 22.8 Å². The quantitative estimate of drug-likeness (QED) is 0.494. The van der Waals surface area contributed by atoms with Crippen molar-refractivity contribution in [1.82, 2.24) is 0 Å². The Bertz CT molecular complexity index is 213. The molecule has 0 heterocycles. The van der Waals surface area contributed by atoms with Crippen LogP contribution in [0.3, 0.4) is 0 Å². The molecular formula is C8H10O4-2. The molecule has 0 unspecified atom stereocenters. The molecule has 1 fully saturated rings. The van der Waals surface area contributed by atoms with Crippen molar-refractivity contribution >= 4 is 11.9 Å². The van der Waals surface area contributed by atoms with Gasteiger partial charge in [-0.15, -0.1) is 0 Å². The monoisotopic (exact) mass is 170 g/mol. The number of rotatable bonds is 2. The van der Waals surface area contributed by atoms with Gasteiger partial charge in [0.15, 0.2) is 0 Å². The van der Waals surface area contributed by atoms with Crippen molar-refractivity contribution < 1.29 is 19.8 Å². The molecule has 68 valence electrons. The molecule has 0 bridgehead atoms. The van der Waals surface area contributed by atoms with E-state index in [0.29, 0.717) is 0 Å². The third-order valence-electron chi connectivity index (χ3n) is 2.55. The van der Waals surface area contributed by atoms with Gasteiger partial charge in [0.2, 0.25) is 0 Å². The molecule has 1 rings (SSSR count). The fourth-order valence-electron chi connectivity index (χ4n) is 1.96. The van der Waals surface area contributed by atoms with Crippen LogP contribution in [0.2, 0.25) is 0 Å². The summed E-state index contributed by atoms with van der Waals surface area (Å²) in [4.78, 5) is 21.0. The molecule has 0 spiro atoms. The lowest BCUT2D eigenvalue weighted by Gasteiger charge is -2.54. The van der Waals surface area contributed by atoms with Crippen molar-refractivity contribution in [2.75, 3.05) is 0 Å². The normalized spacial score (nSPS) is 40.2. The maximum absolute atomic E-state index is 10.5. The first-order valence-electron chi connectivity index (χ1n) is 3.73. The number of carboxylic acid groups (broad SMARTS) is 2. The van der Waals surface area contributed by atoms with Gasteiger partial charge in [0.25, 0.3) is 0 Å². The van der Waals surface area contributed by atoms with E-state index in [9.17, 15) is 19.8 Å². The van der Waals surface area contributed by atoms with Gasteiger partial charge in [-0.3, -0.25) is 0 Å². The van der Waals surface area contributed by atoms with E-state index in [-0.39, 0.29) is 12.8 Å². The summed E-state index contributed by atoms with van der Waals surface area (Å²) in [6, 6.07) is 0. The number of carbonyl (C=O) groups is 2. The fraction of sp³-hybridized carbons (Fsp3) is 0.750. The van der Waals surface area contributed by atoms with Crippen LogP contribution in [0.25, 0.3) is 0 Å². The van der Waals surface area contributed by atoms with Crippen LogP contribution >= 0.6 is 0 Å². The van der Waals surface area contributed by atoms with Gasteiger partial charge < -0.3 is 19.8 Å². The molecule has 12 heavy (non-hydrogen) atoms. The van der Waals surface area contributed by atoms with Gasteiger partial charge >= 0.3 is 0 Å². The zero-order chi connectivity index (χ0) is 9.57. The summed E-state index contributed by atoms with van der Waals surface area (Å²) in [5.41, 5.74) is -1.95. The summed E-state index contributed by atoms with van der Waals surface area (Å²) in [7, 11) is 0. The molecule has 1 aliphatic rings. The molecule has 4 heteroatoms. The Morgan fingerprint density at radius 3 is 1.42 bits per heavy atom. The summed E-state index contributed by atoms with van der Waals surface area (Å²) in [6.45, 7) is 2.99. The van der Waals surface area contributed by atoms with Gasteiger partial charge in [-0.05, 0) is 12.8 Å². The van der Waals surface area contributed by atoms with Crippen molar-refractivity contribution in [3.8, 4) is 0 Å². The Hall–Kier alpha value is -1.06. The molecule has 4 nitrogen and oxygen atoms in total. The molecule has 0 N–H and O–H groups in total. The number of hydrogen-bond donors (Lipinski definition) is 0. The second kappa shape index (κ2) is 2.21. The number of aliphatic carboxylic acids is 2. The average Bonchev–Trinajstić information content (AvgIpc) is 1.83. The highest BCUT2D eigenvalue weighted by Crippen LogP contribution is 2.53. The predicted molar refractivity (Wildman–Crippen MR) is 35.5 cm³/mol. The van der Waals surface area contributed by atoms with E-state index in [1.807, 2.05) is 0 Å². The maximum atomic E-state index is 10.5. The first kappa shape index (κ1) is 9.03. The highest BCUT2D eigenvalue weighted by atomic mass is 16.4. The molecule has 1 aliphatic carbocycles. The van der Waals surface area contributed by atoms with Crippen molar-refractivity contribution in [3.63, 3.8) is 0 Å². The van der Waals surface area contributed by atoms with E-state index in [1.165, 1.54) is 13.8 Å². The van der Waals surface area contributed by atoms with Gasteiger partial charge in [0.1, 0.15) is 0 Å². The minimum Gasteiger partial charge on any atom is -0.550 e. The largest absolute Gasteiger partial charge is 0.550 e. The highest BCUT2D eigenvalue weighted by molar-refractivity contribution is 5.81. The Balaban J connectivity index is 2.68. The average molecular weight is 170 g/mol. The minimum atomic E-state index is -1.18.